The highest BCUT2D eigenvalue weighted by atomic mass is 16.5. The SMILES string of the molecule is COc1ccc2c(c1)CNC(=O)Cn1c-2cc2ccc(C(=O)O)cc21. The van der Waals surface area contributed by atoms with Crippen LogP contribution in [-0.4, -0.2) is 28.7 Å². The number of hydrogen-bond acceptors (Lipinski definition) is 3. The molecule has 4 rings (SSSR count). The largest absolute Gasteiger partial charge is 0.497 e. The van der Waals surface area contributed by atoms with E-state index in [0.29, 0.717) is 6.54 Å². The Morgan fingerprint density at radius 3 is 2.80 bits per heavy atom. The van der Waals surface area contributed by atoms with Gasteiger partial charge in [0.2, 0.25) is 5.91 Å². The van der Waals surface area contributed by atoms with Crippen molar-refractivity contribution in [1.29, 1.82) is 0 Å². The summed E-state index contributed by atoms with van der Waals surface area (Å²) in [5.74, 6) is -0.379. The van der Waals surface area contributed by atoms with E-state index in [1.165, 1.54) is 0 Å². The van der Waals surface area contributed by atoms with Crippen LogP contribution in [0.15, 0.2) is 42.5 Å². The van der Waals surface area contributed by atoms with Crippen LogP contribution in [0, 0.1) is 0 Å². The molecule has 0 bridgehead atoms. The Balaban J connectivity index is 2.00. The topological polar surface area (TPSA) is 80.6 Å². The lowest BCUT2D eigenvalue weighted by atomic mass is 10.0. The lowest BCUT2D eigenvalue weighted by Gasteiger charge is -2.19. The molecule has 2 N–H and O–H groups in total. The summed E-state index contributed by atoms with van der Waals surface area (Å²) in [6.07, 6.45) is 0. The van der Waals surface area contributed by atoms with Gasteiger partial charge < -0.3 is 19.7 Å². The van der Waals surface area contributed by atoms with Crippen LogP contribution >= 0.6 is 0 Å². The van der Waals surface area contributed by atoms with Crippen molar-refractivity contribution in [2.75, 3.05) is 7.11 Å². The number of rotatable bonds is 2. The molecule has 1 aromatic heterocycles. The number of aromatic carboxylic acids is 1. The molecule has 0 saturated heterocycles. The minimum absolute atomic E-state index is 0.118. The van der Waals surface area contributed by atoms with Gasteiger partial charge in [0, 0.05) is 28.7 Å². The maximum atomic E-state index is 12.2. The second kappa shape index (κ2) is 5.66. The van der Waals surface area contributed by atoms with E-state index in [2.05, 4.69) is 5.32 Å². The van der Waals surface area contributed by atoms with Crippen LogP contribution in [-0.2, 0) is 17.9 Å². The van der Waals surface area contributed by atoms with Crippen molar-refractivity contribution in [3.05, 3.63) is 53.6 Å². The lowest BCUT2D eigenvalue weighted by molar-refractivity contribution is -0.121. The number of carbonyl (C=O) groups is 2. The molecule has 3 aromatic rings. The highest BCUT2D eigenvalue weighted by molar-refractivity contribution is 5.96. The molecule has 0 aliphatic carbocycles. The van der Waals surface area contributed by atoms with Crippen molar-refractivity contribution < 1.29 is 19.4 Å². The van der Waals surface area contributed by atoms with E-state index in [0.717, 1.165) is 33.5 Å². The summed E-state index contributed by atoms with van der Waals surface area (Å²) in [7, 11) is 1.60. The second-order valence-electron chi connectivity index (χ2n) is 5.99. The molecule has 0 saturated carbocycles. The quantitative estimate of drug-likeness (QED) is 0.754. The molecule has 126 valence electrons. The van der Waals surface area contributed by atoms with Gasteiger partial charge in [-0.05, 0) is 42.0 Å². The normalized spacial score (nSPS) is 13.4. The molecule has 2 aromatic carbocycles. The number of methoxy groups -OCH3 is 1. The van der Waals surface area contributed by atoms with E-state index >= 15 is 0 Å². The predicted molar refractivity (Wildman–Crippen MR) is 92.7 cm³/mol. The van der Waals surface area contributed by atoms with Crippen molar-refractivity contribution in [1.82, 2.24) is 9.88 Å². The number of amides is 1. The van der Waals surface area contributed by atoms with Crippen molar-refractivity contribution in [3.63, 3.8) is 0 Å². The van der Waals surface area contributed by atoms with Gasteiger partial charge in [-0.25, -0.2) is 4.79 Å². The molecular weight excluding hydrogens is 320 g/mol. The zero-order valence-corrected chi connectivity index (χ0v) is 13.6. The van der Waals surface area contributed by atoms with Crippen molar-refractivity contribution in [2.24, 2.45) is 0 Å². The van der Waals surface area contributed by atoms with Crippen LogP contribution in [0.25, 0.3) is 22.2 Å². The summed E-state index contributed by atoms with van der Waals surface area (Å²) >= 11 is 0. The van der Waals surface area contributed by atoms with Crippen molar-refractivity contribution in [2.45, 2.75) is 13.1 Å². The zero-order valence-electron chi connectivity index (χ0n) is 13.6. The summed E-state index contributed by atoms with van der Waals surface area (Å²) in [6.45, 7) is 0.570. The van der Waals surface area contributed by atoms with E-state index in [1.807, 2.05) is 28.8 Å². The van der Waals surface area contributed by atoms with Crippen molar-refractivity contribution >= 4 is 22.8 Å². The molecule has 1 aliphatic rings. The van der Waals surface area contributed by atoms with Crippen molar-refractivity contribution in [3.8, 4) is 17.0 Å². The van der Waals surface area contributed by atoms with E-state index in [4.69, 9.17) is 4.74 Å². The van der Waals surface area contributed by atoms with Gasteiger partial charge in [-0.15, -0.1) is 0 Å². The average Bonchev–Trinajstić information content (AvgIpc) is 2.95. The van der Waals surface area contributed by atoms with Gasteiger partial charge in [-0.3, -0.25) is 4.79 Å². The molecule has 0 atom stereocenters. The third kappa shape index (κ3) is 2.52. The Kier molecular flexibility index (Phi) is 3.46. The Morgan fingerprint density at radius 1 is 1.20 bits per heavy atom. The number of carboxylic acids is 1. The first-order valence-electron chi connectivity index (χ1n) is 7.87. The fraction of sp³-hybridized carbons (Fsp3) is 0.158. The molecule has 6 nitrogen and oxygen atoms in total. The van der Waals surface area contributed by atoms with Gasteiger partial charge in [-0.1, -0.05) is 6.07 Å². The lowest BCUT2D eigenvalue weighted by Crippen LogP contribution is -2.29. The first kappa shape index (κ1) is 15.3. The third-order valence-electron chi connectivity index (χ3n) is 4.52. The smallest absolute Gasteiger partial charge is 0.335 e. The zero-order chi connectivity index (χ0) is 17.6. The van der Waals surface area contributed by atoms with E-state index in [1.54, 1.807) is 25.3 Å². The van der Waals surface area contributed by atoms with E-state index in [9.17, 15) is 14.7 Å². The fourth-order valence-corrected chi connectivity index (χ4v) is 3.27. The number of aromatic nitrogens is 1. The maximum absolute atomic E-state index is 12.2. The number of ether oxygens (including phenoxy) is 1. The molecule has 0 radical (unpaired) electrons. The molecular formula is C19H16N2O4. The predicted octanol–water partition coefficient (Wildman–Crippen LogP) is 2.64. The molecule has 25 heavy (non-hydrogen) atoms. The summed E-state index contributed by atoms with van der Waals surface area (Å²) in [5, 5.41) is 13.0. The summed E-state index contributed by atoms with van der Waals surface area (Å²) in [6, 6.07) is 12.7. The van der Waals surface area contributed by atoms with Crippen LogP contribution in [0.5, 0.6) is 5.75 Å². The Bertz CT molecular complexity index is 1020. The third-order valence-corrected chi connectivity index (χ3v) is 4.52. The van der Waals surface area contributed by atoms with Gasteiger partial charge >= 0.3 is 5.97 Å². The number of fused-ring (bicyclic) bond motifs is 5. The number of hydrogen-bond donors (Lipinski definition) is 2. The summed E-state index contributed by atoms with van der Waals surface area (Å²) in [5.41, 5.74) is 3.77. The summed E-state index contributed by atoms with van der Waals surface area (Å²) in [4.78, 5) is 23.5. The molecule has 6 heteroatoms. The van der Waals surface area contributed by atoms with Gasteiger partial charge in [0.25, 0.3) is 0 Å². The van der Waals surface area contributed by atoms with E-state index < -0.39 is 5.97 Å². The number of benzene rings is 2. The van der Waals surface area contributed by atoms with Gasteiger partial charge in [-0.2, -0.15) is 0 Å². The average molecular weight is 336 g/mol. The molecule has 0 spiro atoms. The highest BCUT2D eigenvalue weighted by Gasteiger charge is 2.20. The first-order valence-corrected chi connectivity index (χ1v) is 7.87. The summed E-state index contributed by atoms with van der Waals surface area (Å²) < 4.78 is 7.15. The molecule has 1 aliphatic heterocycles. The van der Waals surface area contributed by atoms with Gasteiger partial charge in [0.1, 0.15) is 12.3 Å². The maximum Gasteiger partial charge on any atom is 0.335 e. The number of carboxylic acid groups (broad SMARTS) is 1. The van der Waals surface area contributed by atoms with Crippen LogP contribution in [0.4, 0.5) is 0 Å². The molecule has 0 fully saturated rings. The van der Waals surface area contributed by atoms with Crippen LogP contribution < -0.4 is 10.1 Å². The standard InChI is InChI=1S/C19H16N2O4/c1-25-14-4-5-15-13(6-14)9-20-18(22)10-21-16-8-12(19(23)24)3-2-11(16)7-17(15)21/h2-8H,9-10H2,1H3,(H,20,22)(H,23,24). The van der Waals surface area contributed by atoms with Gasteiger partial charge in [0.15, 0.2) is 0 Å². The minimum atomic E-state index is -0.988. The monoisotopic (exact) mass is 336 g/mol. The highest BCUT2D eigenvalue weighted by Crippen LogP contribution is 2.33. The number of carbonyl (C=O) groups excluding carboxylic acids is 1. The first-order chi connectivity index (χ1) is 12.1. The fourth-order valence-electron chi connectivity index (χ4n) is 3.27. The minimum Gasteiger partial charge on any atom is -0.497 e. The number of nitrogens with one attached hydrogen (secondary N) is 1. The number of nitrogens with zero attached hydrogens (tertiary/aromatic N) is 1. The second-order valence-corrected chi connectivity index (χ2v) is 5.99. The van der Waals surface area contributed by atoms with Crippen LogP contribution in [0.2, 0.25) is 0 Å². The Labute approximate surface area is 143 Å². The molecule has 0 unspecified atom stereocenters. The molecule has 1 amide bonds. The van der Waals surface area contributed by atoms with Crippen LogP contribution in [0.1, 0.15) is 15.9 Å². The van der Waals surface area contributed by atoms with Crippen LogP contribution in [0.3, 0.4) is 0 Å². The Morgan fingerprint density at radius 2 is 2.04 bits per heavy atom. The van der Waals surface area contributed by atoms with Gasteiger partial charge in [0.05, 0.1) is 12.7 Å². The Hall–Kier alpha value is -3.28. The molecule has 2 heterocycles. The van der Waals surface area contributed by atoms with E-state index in [-0.39, 0.29) is 18.0 Å².